The third kappa shape index (κ3) is 8.88. The lowest BCUT2D eigenvalue weighted by molar-refractivity contribution is 0.0526. The molecule has 1 amide bonds. The summed E-state index contributed by atoms with van der Waals surface area (Å²) in [7, 11) is 1.70. The van der Waals surface area contributed by atoms with Crippen molar-refractivity contribution < 1.29 is 14.3 Å². The van der Waals surface area contributed by atoms with Crippen LogP contribution in [0.3, 0.4) is 0 Å². The highest BCUT2D eigenvalue weighted by atomic mass is 32.1. The van der Waals surface area contributed by atoms with E-state index in [2.05, 4.69) is 15.6 Å². The number of nitrogens with one attached hydrogen (secondary N) is 2. The second kappa shape index (κ2) is 9.85. The Morgan fingerprint density at radius 1 is 1.43 bits per heavy atom. The van der Waals surface area contributed by atoms with Gasteiger partial charge in [0.15, 0.2) is 0 Å². The molecule has 6 nitrogen and oxygen atoms in total. The molecule has 0 aromatic carbocycles. The number of hydrogen-bond donors (Lipinski definition) is 2. The zero-order valence-electron chi connectivity index (χ0n) is 14.8. The highest BCUT2D eigenvalue weighted by molar-refractivity contribution is 7.09. The van der Waals surface area contributed by atoms with Crippen LogP contribution in [0.1, 0.15) is 44.2 Å². The van der Waals surface area contributed by atoms with Crippen LogP contribution in [0.4, 0.5) is 4.79 Å². The number of nitrogens with zero attached hydrogens (tertiary/aromatic N) is 1. The third-order valence-corrected chi connectivity index (χ3v) is 4.10. The van der Waals surface area contributed by atoms with Crippen LogP contribution in [-0.4, -0.2) is 43.0 Å². The number of carbonyl (C=O) groups is 1. The minimum absolute atomic E-state index is 0.252. The van der Waals surface area contributed by atoms with Crippen LogP contribution in [0.25, 0.3) is 0 Å². The minimum atomic E-state index is -0.461. The van der Waals surface area contributed by atoms with Gasteiger partial charge in [0.25, 0.3) is 0 Å². The lowest BCUT2D eigenvalue weighted by atomic mass is 10.1. The van der Waals surface area contributed by atoms with Crippen molar-refractivity contribution in [3.05, 3.63) is 16.1 Å². The molecule has 1 heterocycles. The average Bonchev–Trinajstić information content (AvgIpc) is 2.84. The van der Waals surface area contributed by atoms with Gasteiger partial charge in [-0.1, -0.05) is 0 Å². The molecule has 0 aliphatic carbocycles. The van der Waals surface area contributed by atoms with E-state index in [9.17, 15) is 4.79 Å². The maximum Gasteiger partial charge on any atom is 0.407 e. The van der Waals surface area contributed by atoms with Gasteiger partial charge in [-0.15, -0.1) is 11.3 Å². The Balaban J connectivity index is 2.25. The van der Waals surface area contributed by atoms with Crippen LogP contribution in [0.2, 0.25) is 0 Å². The molecule has 132 valence electrons. The molecule has 1 rings (SSSR count). The number of methoxy groups -OCH3 is 1. The molecule has 1 unspecified atom stereocenters. The molecule has 1 atom stereocenters. The van der Waals surface area contributed by atoms with Gasteiger partial charge in [-0.25, -0.2) is 9.78 Å². The van der Waals surface area contributed by atoms with Crippen molar-refractivity contribution in [1.82, 2.24) is 15.6 Å². The number of aryl methyl sites for hydroxylation is 1. The number of thiazole rings is 1. The van der Waals surface area contributed by atoms with Gasteiger partial charge in [0.2, 0.25) is 0 Å². The predicted molar refractivity (Wildman–Crippen MR) is 92.8 cm³/mol. The Bertz CT molecular complexity index is 471. The van der Waals surface area contributed by atoms with Crippen LogP contribution in [-0.2, 0) is 16.0 Å². The standard InChI is InChI=1S/C16H29N3O3S/c1-12-14(23-11-19-12)9-18-13(10-21-5)7-6-8-17-15(20)22-16(2,3)4/h11,13,18H,6-10H2,1-5H3,(H,17,20). The summed E-state index contributed by atoms with van der Waals surface area (Å²) < 4.78 is 10.5. The quantitative estimate of drug-likeness (QED) is 0.675. The first-order valence-electron chi connectivity index (χ1n) is 7.90. The molecule has 23 heavy (non-hydrogen) atoms. The predicted octanol–water partition coefficient (Wildman–Crippen LogP) is 2.86. The van der Waals surface area contributed by atoms with Gasteiger partial charge < -0.3 is 20.1 Å². The van der Waals surface area contributed by atoms with Gasteiger partial charge in [-0.3, -0.25) is 0 Å². The Kier molecular flexibility index (Phi) is 8.51. The lowest BCUT2D eigenvalue weighted by Gasteiger charge is -2.20. The van der Waals surface area contributed by atoms with Crippen LogP contribution in [0, 0.1) is 6.92 Å². The molecule has 0 aliphatic rings. The molecular formula is C16H29N3O3S. The lowest BCUT2D eigenvalue weighted by Crippen LogP contribution is -2.35. The molecule has 0 radical (unpaired) electrons. The number of aromatic nitrogens is 1. The molecule has 7 heteroatoms. The van der Waals surface area contributed by atoms with Crippen molar-refractivity contribution in [2.75, 3.05) is 20.3 Å². The fraction of sp³-hybridized carbons (Fsp3) is 0.750. The largest absolute Gasteiger partial charge is 0.444 e. The highest BCUT2D eigenvalue weighted by Gasteiger charge is 2.16. The van der Waals surface area contributed by atoms with E-state index in [1.165, 1.54) is 4.88 Å². The first-order chi connectivity index (χ1) is 10.8. The van der Waals surface area contributed by atoms with Crippen molar-refractivity contribution in [3.8, 4) is 0 Å². The van der Waals surface area contributed by atoms with Crippen LogP contribution < -0.4 is 10.6 Å². The van der Waals surface area contributed by atoms with Gasteiger partial charge in [0.05, 0.1) is 17.8 Å². The molecule has 2 N–H and O–H groups in total. The summed E-state index contributed by atoms with van der Waals surface area (Å²) in [5, 5.41) is 6.27. The maximum absolute atomic E-state index is 11.6. The van der Waals surface area contributed by atoms with Crippen LogP contribution in [0.15, 0.2) is 5.51 Å². The minimum Gasteiger partial charge on any atom is -0.444 e. The maximum atomic E-state index is 11.6. The van der Waals surface area contributed by atoms with Crippen LogP contribution in [0.5, 0.6) is 0 Å². The average molecular weight is 343 g/mol. The molecule has 0 fully saturated rings. The summed E-state index contributed by atoms with van der Waals surface area (Å²) >= 11 is 1.66. The normalized spacial score (nSPS) is 12.9. The molecule has 0 saturated carbocycles. The van der Waals surface area contributed by atoms with Gasteiger partial charge in [0.1, 0.15) is 5.60 Å². The van der Waals surface area contributed by atoms with Crippen molar-refractivity contribution in [1.29, 1.82) is 0 Å². The van der Waals surface area contributed by atoms with E-state index < -0.39 is 5.60 Å². The summed E-state index contributed by atoms with van der Waals surface area (Å²) in [6.07, 6.45) is 1.41. The number of ether oxygens (including phenoxy) is 2. The number of alkyl carbamates (subject to hydrolysis) is 1. The molecule has 1 aromatic heterocycles. The van der Waals surface area contributed by atoms with E-state index in [1.807, 2.05) is 33.2 Å². The monoisotopic (exact) mass is 343 g/mol. The number of rotatable bonds is 9. The Morgan fingerprint density at radius 2 is 2.17 bits per heavy atom. The Labute approximate surface area is 143 Å². The zero-order chi connectivity index (χ0) is 17.3. The fourth-order valence-electron chi connectivity index (χ4n) is 2.03. The van der Waals surface area contributed by atoms with Gasteiger partial charge in [0, 0.05) is 31.1 Å². The van der Waals surface area contributed by atoms with E-state index in [0.29, 0.717) is 13.2 Å². The van der Waals surface area contributed by atoms with E-state index in [-0.39, 0.29) is 12.1 Å². The van der Waals surface area contributed by atoms with Crippen LogP contribution >= 0.6 is 11.3 Å². The van der Waals surface area contributed by atoms with Crippen molar-refractivity contribution in [2.24, 2.45) is 0 Å². The summed E-state index contributed by atoms with van der Waals surface area (Å²) in [6.45, 7) is 9.61. The summed E-state index contributed by atoms with van der Waals surface area (Å²) in [6, 6.07) is 0.252. The van der Waals surface area contributed by atoms with Gasteiger partial charge in [-0.05, 0) is 40.5 Å². The van der Waals surface area contributed by atoms with Crippen molar-refractivity contribution in [3.63, 3.8) is 0 Å². The summed E-state index contributed by atoms with van der Waals surface area (Å²) in [5.74, 6) is 0. The third-order valence-electron chi connectivity index (χ3n) is 3.16. The Hall–Kier alpha value is -1.18. The zero-order valence-corrected chi connectivity index (χ0v) is 15.6. The number of carbonyl (C=O) groups excluding carboxylic acids is 1. The van der Waals surface area contributed by atoms with Crippen molar-refractivity contribution in [2.45, 2.75) is 58.7 Å². The molecule has 0 bridgehead atoms. The number of amides is 1. The highest BCUT2D eigenvalue weighted by Crippen LogP contribution is 2.12. The topological polar surface area (TPSA) is 72.5 Å². The second-order valence-electron chi connectivity index (χ2n) is 6.47. The molecule has 0 aliphatic heterocycles. The van der Waals surface area contributed by atoms with E-state index in [4.69, 9.17) is 9.47 Å². The van der Waals surface area contributed by atoms with E-state index >= 15 is 0 Å². The smallest absolute Gasteiger partial charge is 0.407 e. The SMILES string of the molecule is COCC(CCCNC(=O)OC(C)(C)C)NCc1scnc1C. The molecule has 0 saturated heterocycles. The van der Waals surface area contributed by atoms with Crippen molar-refractivity contribution >= 4 is 17.4 Å². The summed E-state index contributed by atoms with van der Waals surface area (Å²) in [4.78, 5) is 17.1. The van der Waals surface area contributed by atoms with E-state index in [1.54, 1.807) is 18.4 Å². The first-order valence-corrected chi connectivity index (χ1v) is 8.78. The second-order valence-corrected chi connectivity index (χ2v) is 7.40. The van der Waals surface area contributed by atoms with E-state index in [0.717, 1.165) is 25.1 Å². The number of hydrogen-bond acceptors (Lipinski definition) is 6. The first kappa shape index (κ1) is 19.9. The fourth-order valence-corrected chi connectivity index (χ4v) is 2.76. The molecule has 0 spiro atoms. The Morgan fingerprint density at radius 3 is 2.74 bits per heavy atom. The van der Waals surface area contributed by atoms with Gasteiger partial charge in [-0.2, -0.15) is 0 Å². The summed E-state index contributed by atoms with van der Waals surface area (Å²) in [5.41, 5.74) is 2.48. The van der Waals surface area contributed by atoms with Gasteiger partial charge >= 0.3 is 6.09 Å². The molecule has 1 aromatic rings. The molecular weight excluding hydrogens is 314 g/mol.